The van der Waals surface area contributed by atoms with Crippen LogP contribution < -0.4 is 5.32 Å². The minimum atomic E-state index is 0.465. The van der Waals surface area contributed by atoms with Gasteiger partial charge in [0.05, 0.1) is 0 Å². The quantitative estimate of drug-likeness (QED) is 0.769. The van der Waals surface area contributed by atoms with Crippen molar-refractivity contribution in [2.45, 2.75) is 68.6 Å². The minimum Gasteiger partial charge on any atom is -0.310 e. The Hall–Kier alpha value is -0.470. The summed E-state index contributed by atoms with van der Waals surface area (Å²) in [6.07, 6.45) is 8.28. The molecule has 1 aliphatic rings. The molecule has 0 saturated heterocycles. The number of hydrogen-bond acceptors (Lipinski definition) is 2. The first-order chi connectivity index (χ1) is 9.29. The van der Waals surface area contributed by atoms with Gasteiger partial charge in [-0.3, -0.25) is 0 Å². The van der Waals surface area contributed by atoms with E-state index in [1.807, 2.05) is 0 Å². The largest absolute Gasteiger partial charge is 0.310 e. The summed E-state index contributed by atoms with van der Waals surface area (Å²) >= 11 is 2.09. The molecule has 1 atom stereocenters. The molecule has 2 rings (SSSR count). The zero-order valence-corrected chi connectivity index (χ0v) is 13.1. The fraction of sp³-hybridized carbons (Fsp3) is 0.647. The molecular weight excluding hydrogens is 250 g/mol. The molecule has 0 radical (unpaired) electrons. The maximum Gasteiger partial charge on any atom is 0.0292 e. The van der Waals surface area contributed by atoms with Crippen LogP contribution in [0.1, 0.15) is 64.0 Å². The van der Waals surface area contributed by atoms with Gasteiger partial charge in [-0.05, 0) is 50.4 Å². The molecule has 0 spiro atoms. The van der Waals surface area contributed by atoms with Crippen LogP contribution in [0.15, 0.2) is 29.2 Å². The van der Waals surface area contributed by atoms with Crippen molar-refractivity contribution in [3.63, 3.8) is 0 Å². The predicted molar refractivity (Wildman–Crippen MR) is 85.9 cm³/mol. The van der Waals surface area contributed by atoms with Crippen molar-refractivity contribution >= 4 is 11.8 Å². The van der Waals surface area contributed by atoms with Gasteiger partial charge in [0, 0.05) is 16.2 Å². The summed E-state index contributed by atoms with van der Waals surface area (Å²) < 4.78 is 0. The van der Waals surface area contributed by atoms with Crippen LogP contribution in [0.25, 0.3) is 0 Å². The van der Waals surface area contributed by atoms with Gasteiger partial charge < -0.3 is 5.32 Å². The maximum absolute atomic E-state index is 3.57. The molecular formula is C17H27NS. The lowest BCUT2D eigenvalue weighted by molar-refractivity contribution is 0.516. The van der Waals surface area contributed by atoms with Gasteiger partial charge in [-0.2, -0.15) is 0 Å². The number of nitrogens with one attached hydrogen (secondary N) is 1. The third kappa shape index (κ3) is 4.85. The van der Waals surface area contributed by atoms with Crippen LogP contribution >= 0.6 is 11.8 Å². The van der Waals surface area contributed by atoms with Crippen molar-refractivity contribution in [1.82, 2.24) is 5.32 Å². The highest BCUT2D eigenvalue weighted by Gasteiger charge is 2.15. The molecule has 0 aliphatic heterocycles. The van der Waals surface area contributed by atoms with E-state index in [0.717, 1.165) is 11.8 Å². The molecule has 0 heterocycles. The zero-order valence-electron chi connectivity index (χ0n) is 12.3. The second kappa shape index (κ2) is 7.96. The fourth-order valence-electron chi connectivity index (χ4n) is 2.71. The Labute approximate surface area is 122 Å². The summed E-state index contributed by atoms with van der Waals surface area (Å²) in [6, 6.07) is 9.58. The second-order valence-corrected chi connectivity index (χ2v) is 7.00. The first-order valence-electron chi connectivity index (χ1n) is 7.79. The lowest BCUT2D eigenvalue weighted by atomic mass is 10.0. The van der Waals surface area contributed by atoms with Crippen LogP contribution in [-0.4, -0.2) is 11.8 Å². The highest BCUT2D eigenvalue weighted by atomic mass is 32.2. The van der Waals surface area contributed by atoms with E-state index < -0.39 is 0 Å². The van der Waals surface area contributed by atoms with Crippen molar-refractivity contribution in [2.75, 3.05) is 6.54 Å². The molecule has 1 nitrogen and oxygen atoms in total. The first kappa shape index (κ1) is 14.9. The molecule has 1 unspecified atom stereocenters. The third-order valence-electron chi connectivity index (χ3n) is 3.91. The van der Waals surface area contributed by atoms with Crippen LogP contribution in [0, 0.1) is 0 Å². The summed E-state index contributed by atoms with van der Waals surface area (Å²) in [7, 11) is 0. The van der Waals surface area contributed by atoms with Crippen molar-refractivity contribution in [3.05, 3.63) is 29.8 Å². The van der Waals surface area contributed by atoms with E-state index in [-0.39, 0.29) is 0 Å². The summed E-state index contributed by atoms with van der Waals surface area (Å²) in [4.78, 5) is 1.45. The van der Waals surface area contributed by atoms with Crippen LogP contribution in [0.5, 0.6) is 0 Å². The standard InChI is InChI=1S/C17H27NS/c1-3-12-18-14(2)15-8-7-11-17(13-15)19-16-9-5-4-6-10-16/h7-8,11,13-14,16,18H,3-6,9-10,12H2,1-2H3. The van der Waals surface area contributed by atoms with E-state index in [1.165, 1.54) is 49.0 Å². The number of hydrogen-bond donors (Lipinski definition) is 1. The summed E-state index contributed by atoms with van der Waals surface area (Å²) in [5.41, 5.74) is 1.43. The highest BCUT2D eigenvalue weighted by molar-refractivity contribution is 8.00. The second-order valence-electron chi connectivity index (χ2n) is 5.63. The van der Waals surface area contributed by atoms with E-state index >= 15 is 0 Å². The van der Waals surface area contributed by atoms with Gasteiger partial charge >= 0.3 is 0 Å². The van der Waals surface area contributed by atoms with Crippen molar-refractivity contribution < 1.29 is 0 Å². The van der Waals surface area contributed by atoms with Crippen LogP contribution in [-0.2, 0) is 0 Å². The van der Waals surface area contributed by atoms with E-state index in [1.54, 1.807) is 0 Å². The minimum absolute atomic E-state index is 0.465. The fourth-order valence-corrected chi connectivity index (χ4v) is 4.03. The van der Waals surface area contributed by atoms with Crippen molar-refractivity contribution in [3.8, 4) is 0 Å². The summed E-state index contributed by atoms with van der Waals surface area (Å²) in [5.74, 6) is 0. The van der Waals surface area contributed by atoms with Gasteiger partial charge in [-0.1, -0.05) is 38.3 Å². The van der Waals surface area contributed by atoms with Crippen LogP contribution in [0.3, 0.4) is 0 Å². The normalized spacial score (nSPS) is 18.4. The number of benzene rings is 1. The molecule has 106 valence electrons. The van der Waals surface area contributed by atoms with Gasteiger partial charge in [0.2, 0.25) is 0 Å². The molecule has 1 aromatic rings. The van der Waals surface area contributed by atoms with Crippen LogP contribution in [0.4, 0.5) is 0 Å². The van der Waals surface area contributed by atoms with Crippen LogP contribution in [0.2, 0.25) is 0 Å². The lowest BCUT2D eigenvalue weighted by Crippen LogP contribution is -2.19. The Morgan fingerprint density at radius 1 is 1.26 bits per heavy atom. The van der Waals surface area contributed by atoms with Gasteiger partial charge in [0.25, 0.3) is 0 Å². The van der Waals surface area contributed by atoms with Crippen molar-refractivity contribution in [1.29, 1.82) is 0 Å². The Morgan fingerprint density at radius 3 is 2.79 bits per heavy atom. The van der Waals surface area contributed by atoms with Crippen molar-refractivity contribution in [2.24, 2.45) is 0 Å². The van der Waals surface area contributed by atoms with Gasteiger partial charge in [0.15, 0.2) is 0 Å². The van der Waals surface area contributed by atoms with E-state index in [2.05, 4.69) is 55.2 Å². The van der Waals surface area contributed by atoms with Gasteiger partial charge in [-0.25, -0.2) is 0 Å². The Balaban J connectivity index is 1.93. The molecule has 19 heavy (non-hydrogen) atoms. The molecule has 1 aliphatic carbocycles. The molecule has 0 bridgehead atoms. The molecule has 1 saturated carbocycles. The molecule has 2 heteroatoms. The first-order valence-corrected chi connectivity index (χ1v) is 8.67. The number of thioether (sulfide) groups is 1. The molecule has 1 fully saturated rings. The highest BCUT2D eigenvalue weighted by Crippen LogP contribution is 2.34. The lowest BCUT2D eigenvalue weighted by Gasteiger charge is -2.21. The average molecular weight is 277 g/mol. The van der Waals surface area contributed by atoms with E-state index in [4.69, 9.17) is 0 Å². The van der Waals surface area contributed by atoms with E-state index in [0.29, 0.717) is 6.04 Å². The van der Waals surface area contributed by atoms with E-state index in [9.17, 15) is 0 Å². The molecule has 1 N–H and O–H groups in total. The summed E-state index contributed by atoms with van der Waals surface area (Å²) in [5, 5.41) is 4.42. The van der Waals surface area contributed by atoms with Gasteiger partial charge in [-0.15, -0.1) is 11.8 Å². The smallest absolute Gasteiger partial charge is 0.0292 e. The Bertz CT molecular complexity index is 371. The van der Waals surface area contributed by atoms with Gasteiger partial charge in [0.1, 0.15) is 0 Å². The predicted octanol–water partition coefficient (Wildman–Crippen LogP) is 5.17. The SMILES string of the molecule is CCCNC(C)c1cccc(SC2CCCCC2)c1. The molecule has 0 aromatic heterocycles. The molecule has 0 amide bonds. The Kier molecular flexibility index (Phi) is 6.25. The third-order valence-corrected chi connectivity index (χ3v) is 5.24. The monoisotopic (exact) mass is 277 g/mol. The Morgan fingerprint density at radius 2 is 2.05 bits per heavy atom. The zero-order chi connectivity index (χ0) is 13.5. The average Bonchev–Trinajstić information content (AvgIpc) is 2.46. The summed E-state index contributed by atoms with van der Waals surface area (Å²) in [6.45, 7) is 5.58. The molecule has 1 aromatic carbocycles. The number of rotatable bonds is 6. The maximum atomic E-state index is 3.57. The topological polar surface area (TPSA) is 12.0 Å².